The molecule has 0 fully saturated rings. The standard InChI is InChI=1S/C23H20ClN3O3/c1-14-9-16(5-6-20(14)24)27-23(29)13-26-15-3-2-4-18(10-15)30-22-7-8-25-21-12-17(28)11-19(21)22/h2-10,26H,11-13H2,1H3,(H,27,29). The van der Waals surface area contributed by atoms with Gasteiger partial charge in [-0.15, -0.1) is 0 Å². The number of amides is 1. The normalized spacial score (nSPS) is 12.4. The van der Waals surface area contributed by atoms with Crippen molar-refractivity contribution in [3.63, 3.8) is 0 Å². The zero-order chi connectivity index (χ0) is 21.1. The average molecular weight is 422 g/mol. The number of rotatable bonds is 6. The molecule has 6 nitrogen and oxygen atoms in total. The van der Waals surface area contributed by atoms with E-state index in [0.29, 0.717) is 35.1 Å². The van der Waals surface area contributed by atoms with Crippen LogP contribution in [0.25, 0.3) is 0 Å². The highest BCUT2D eigenvalue weighted by Gasteiger charge is 2.23. The smallest absolute Gasteiger partial charge is 0.243 e. The summed E-state index contributed by atoms with van der Waals surface area (Å²) in [6.07, 6.45) is 2.36. The van der Waals surface area contributed by atoms with Gasteiger partial charge in [-0.2, -0.15) is 0 Å². The van der Waals surface area contributed by atoms with Gasteiger partial charge in [0.1, 0.15) is 17.3 Å². The Hall–Kier alpha value is -3.38. The van der Waals surface area contributed by atoms with Crippen LogP contribution in [0.1, 0.15) is 16.8 Å². The number of fused-ring (bicyclic) bond motifs is 1. The number of ketones is 1. The molecule has 0 bridgehead atoms. The van der Waals surface area contributed by atoms with Gasteiger partial charge in [-0.05, 0) is 48.9 Å². The fourth-order valence-corrected chi connectivity index (χ4v) is 3.42. The van der Waals surface area contributed by atoms with Crippen LogP contribution < -0.4 is 15.4 Å². The zero-order valence-electron chi connectivity index (χ0n) is 16.4. The maximum absolute atomic E-state index is 12.2. The first-order valence-corrected chi connectivity index (χ1v) is 9.92. The minimum Gasteiger partial charge on any atom is -0.457 e. The molecule has 30 heavy (non-hydrogen) atoms. The third-order valence-corrected chi connectivity index (χ3v) is 5.22. The molecule has 0 saturated carbocycles. The first-order chi connectivity index (χ1) is 14.5. The van der Waals surface area contributed by atoms with E-state index in [2.05, 4.69) is 15.6 Å². The largest absolute Gasteiger partial charge is 0.457 e. The van der Waals surface area contributed by atoms with Crippen molar-refractivity contribution >= 4 is 34.7 Å². The molecule has 0 spiro atoms. The minimum absolute atomic E-state index is 0.101. The number of anilines is 2. The van der Waals surface area contributed by atoms with Gasteiger partial charge >= 0.3 is 0 Å². The number of carbonyl (C=O) groups excluding carboxylic acids is 2. The second kappa shape index (κ2) is 8.55. The van der Waals surface area contributed by atoms with Gasteiger partial charge in [-0.1, -0.05) is 17.7 Å². The van der Waals surface area contributed by atoms with Crippen molar-refractivity contribution < 1.29 is 14.3 Å². The molecule has 0 unspecified atom stereocenters. The summed E-state index contributed by atoms with van der Waals surface area (Å²) in [5, 5.41) is 6.59. The van der Waals surface area contributed by atoms with E-state index in [1.165, 1.54) is 0 Å². The van der Waals surface area contributed by atoms with Crippen LogP contribution in [-0.2, 0) is 22.4 Å². The Balaban J connectivity index is 1.38. The number of ether oxygens (including phenoxy) is 1. The molecule has 1 amide bonds. The molecule has 4 rings (SSSR count). The Morgan fingerprint density at radius 1 is 1.13 bits per heavy atom. The predicted octanol–water partition coefficient (Wildman–Crippen LogP) is 4.55. The summed E-state index contributed by atoms with van der Waals surface area (Å²) >= 11 is 6.01. The first kappa shape index (κ1) is 19.9. The number of hydrogen-bond donors (Lipinski definition) is 2. The van der Waals surface area contributed by atoms with Crippen LogP contribution in [0.15, 0.2) is 54.7 Å². The summed E-state index contributed by atoms with van der Waals surface area (Å²) in [6.45, 7) is 1.99. The number of carbonyl (C=O) groups is 2. The van der Waals surface area contributed by atoms with Crippen molar-refractivity contribution in [2.24, 2.45) is 0 Å². The minimum atomic E-state index is -0.173. The Labute approximate surface area is 179 Å². The zero-order valence-corrected chi connectivity index (χ0v) is 17.1. The van der Waals surface area contributed by atoms with Crippen molar-refractivity contribution in [1.82, 2.24) is 4.98 Å². The van der Waals surface area contributed by atoms with Crippen LogP contribution in [0.2, 0.25) is 5.02 Å². The molecule has 2 aromatic carbocycles. The highest BCUT2D eigenvalue weighted by Crippen LogP contribution is 2.31. The van der Waals surface area contributed by atoms with E-state index < -0.39 is 0 Å². The number of aryl methyl sites for hydroxylation is 1. The van der Waals surface area contributed by atoms with Gasteiger partial charge in [0.15, 0.2) is 0 Å². The number of aromatic nitrogens is 1. The van der Waals surface area contributed by atoms with Gasteiger partial charge in [0, 0.05) is 47.1 Å². The summed E-state index contributed by atoms with van der Waals surface area (Å²) in [7, 11) is 0. The molecule has 0 radical (unpaired) electrons. The second-order valence-corrected chi connectivity index (χ2v) is 7.53. The molecule has 1 aromatic heterocycles. The molecule has 1 aliphatic rings. The summed E-state index contributed by atoms with van der Waals surface area (Å²) in [6, 6.07) is 14.4. The molecule has 0 aliphatic heterocycles. The van der Waals surface area contributed by atoms with Crippen molar-refractivity contribution in [2.45, 2.75) is 19.8 Å². The third-order valence-electron chi connectivity index (χ3n) is 4.80. The molecule has 2 N–H and O–H groups in total. The fourth-order valence-electron chi connectivity index (χ4n) is 3.31. The van der Waals surface area contributed by atoms with Crippen LogP contribution in [-0.4, -0.2) is 23.2 Å². The van der Waals surface area contributed by atoms with Crippen molar-refractivity contribution in [1.29, 1.82) is 0 Å². The monoisotopic (exact) mass is 421 g/mol. The number of nitrogens with one attached hydrogen (secondary N) is 2. The summed E-state index contributed by atoms with van der Waals surface area (Å²) < 4.78 is 5.99. The molecular weight excluding hydrogens is 402 g/mol. The number of benzene rings is 2. The van der Waals surface area contributed by atoms with Crippen LogP contribution in [0.3, 0.4) is 0 Å². The fraction of sp³-hybridized carbons (Fsp3) is 0.174. The predicted molar refractivity (Wildman–Crippen MR) is 116 cm³/mol. The van der Waals surface area contributed by atoms with Crippen LogP contribution in [0.5, 0.6) is 11.5 Å². The molecule has 0 saturated heterocycles. The Bertz CT molecular complexity index is 1130. The first-order valence-electron chi connectivity index (χ1n) is 9.54. The SMILES string of the molecule is Cc1cc(NC(=O)CNc2cccc(Oc3ccnc4c3CC(=O)C4)c2)ccc1Cl. The molecule has 3 aromatic rings. The molecule has 1 heterocycles. The van der Waals surface area contributed by atoms with E-state index in [1.807, 2.05) is 37.3 Å². The summed E-state index contributed by atoms with van der Waals surface area (Å²) in [5.74, 6) is 1.22. The lowest BCUT2D eigenvalue weighted by Crippen LogP contribution is -2.21. The maximum Gasteiger partial charge on any atom is 0.243 e. The van der Waals surface area contributed by atoms with E-state index in [4.69, 9.17) is 16.3 Å². The van der Waals surface area contributed by atoms with Crippen LogP contribution in [0.4, 0.5) is 11.4 Å². The quantitative estimate of drug-likeness (QED) is 0.610. The molecule has 1 aliphatic carbocycles. The van der Waals surface area contributed by atoms with Crippen molar-refractivity contribution in [3.05, 3.63) is 76.6 Å². The maximum atomic E-state index is 12.2. The average Bonchev–Trinajstić information content (AvgIpc) is 3.11. The Morgan fingerprint density at radius 3 is 2.83 bits per heavy atom. The lowest BCUT2D eigenvalue weighted by atomic mass is 10.2. The van der Waals surface area contributed by atoms with Crippen LogP contribution >= 0.6 is 11.6 Å². The Morgan fingerprint density at radius 2 is 2.00 bits per heavy atom. The van der Waals surface area contributed by atoms with E-state index in [0.717, 1.165) is 22.5 Å². The van der Waals surface area contributed by atoms with Crippen molar-refractivity contribution in [2.75, 3.05) is 17.2 Å². The molecule has 0 atom stereocenters. The van der Waals surface area contributed by atoms with E-state index >= 15 is 0 Å². The number of hydrogen-bond acceptors (Lipinski definition) is 5. The molecular formula is C23H20ClN3O3. The van der Waals surface area contributed by atoms with Gasteiger partial charge in [0.05, 0.1) is 12.2 Å². The van der Waals surface area contributed by atoms with Gasteiger partial charge in [-0.3, -0.25) is 14.6 Å². The molecule has 152 valence electrons. The highest BCUT2D eigenvalue weighted by molar-refractivity contribution is 6.31. The van der Waals surface area contributed by atoms with E-state index in [9.17, 15) is 9.59 Å². The van der Waals surface area contributed by atoms with Gasteiger partial charge in [0.25, 0.3) is 0 Å². The lowest BCUT2D eigenvalue weighted by molar-refractivity contribution is -0.117. The van der Waals surface area contributed by atoms with E-state index in [1.54, 1.807) is 24.4 Å². The second-order valence-electron chi connectivity index (χ2n) is 7.12. The molecule has 7 heteroatoms. The van der Waals surface area contributed by atoms with Gasteiger partial charge in [0.2, 0.25) is 5.91 Å². The lowest BCUT2D eigenvalue weighted by Gasteiger charge is -2.12. The number of nitrogens with zero attached hydrogens (tertiary/aromatic N) is 1. The van der Waals surface area contributed by atoms with Crippen LogP contribution in [0, 0.1) is 6.92 Å². The van der Waals surface area contributed by atoms with E-state index in [-0.39, 0.29) is 18.2 Å². The van der Waals surface area contributed by atoms with Gasteiger partial charge in [-0.25, -0.2) is 0 Å². The topological polar surface area (TPSA) is 80.3 Å². The van der Waals surface area contributed by atoms with Crippen molar-refractivity contribution in [3.8, 4) is 11.5 Å². The summed E-state index contributed by atoms with van der Waals surface area (Å²) in [4.78, 5) is 28.2. The number of Topliss-reactive ketones (excluding diaryl/α,β-unsaturated/α-hetero) is 1. The number of halogens is 1. The van der Waals surface area contributed by atoms with Gasteiger partial charge < -0.3 is 15.4 Å². The Kier molecular flexibility index (Phi) is 5.68. The highest BCUT2D eigenvalue weighted by atomic mass is 35.5. The third kappa shape index (κ3) is 4.60. The number of pyridine rings is 1. The summed E-state index contributed by atoms with van der Waals surface area (Å²) in [5.41, 5.74) is 3.97.